The summed E-state index contributed by atoms with van der Waals surface area (Å²) < 4.78 is 0. The zero-order valence-corrected chi connectivity index (χ0v) is 16.3. The van der Waals surface area contributed by atoms with Crippen LogP contribution in [0.15, 0.2) is 65.6 Å². The number of piperidine rings is 1. The first kappa shape index (κ1) is 19.0. The molecule has 0 aromatic heterocycles. The quantitative estimate of drug-likeness (QED) is 0.730. The minimum absolute atomic E-state index is 0.124. The molecule has 1 fully saturated rings. The average molecular weight is 369 g/mol. The largest absolute Gasteiger partial charge is 0.352 e. The van der Waals surface area contributed by atoms with E-state index in [0.29, 0.717) is 0 Å². The molecule has 0 aliphatic carbocycles. The van der Waals surface area contributed by atoms with E-state index in [1.54, 1.807) is 11.8 Å². The lowest BCUT2D eigenvalue weighted by atomic mass is 10.0. The number of nitrogens with one attached hydrogen (secondary N) is 1. The number of likely N-dealkylation sites (tertiary alicyclic amines) is 1. The summed E-state index contributed by atoms with van der Waals surface area (Å²) in [6.45, 7) is 5.55. The predicted octanol–water partition coefficient (Wildman–Crippen LogP) is 4.51. The summed E-state index contributed by atoms with van der Waals surface area (Å²) in [6, 6.07) is 20.6. The minimum atomic E-state index is -0.215. The average Bonchev–Trinajstić information content (AvgIpc) is 2.69. The van der Waals surface area contributed by atoms with Crippen molar-refractivity contribution in [1.82, 2.24) is 10.2 Å². The number of nitrogens with zero attached hydrogens (tertiary/aromatic N) is 1. The molecule has 1 heterocycles. The molecule has 2 aromatic carbocycles. The van der Waals surface area contributed by atoms with E-state index in [4.69, 9.17) is 0 Å². The molecule has 3 rings (SSSR count). The standard InChI is InChI=1S/C22H28N2OS/c1-2-15-24-16-13-19(14-17-24)23-22(25)21(18-9-5-3-6-10-18)26-20-11-7-4-8-12-20/h3-12,19,21H,2,13-17H2,1H3,(H,23,25). The molecule has 1 N–H and O–H groups in total. The molecule has 1 saturated heterocycles. The molecule has 0 saturated carbocycles. The lowest BCUT2D eigenvalue weighted by Gasteiger charge is -2.32. The summed E-state index contributed by atoms with van der Waals surface area (Å²) in [7, 11) is 0. The van der Waals surface area contributed by atoms with Crippen LogP contribution in [0.2, 0.25) is 0 Å². The Labute approximate surface area is 161 Å². The number of hydrogen-bond donors (Lipinski definition) is 1. The molecule has 1 atom stereocenters. The van der Waals surface area contributed by atoms with Crippen molar-refractivity contribution in [3.63, 3.8) is 0 Å². The van der Waals surface area contributed by atoms with E-state index in [-0.39, 0.29) is 17.2 Å². The second kappa shape index (κ2) is 9.79. The van der Waals surface area contributed by atoms with E-state index >= 15 is 0 Å². The summed E-state index contributed by atoms with van der Waals surface area (Å²) in [5.41, 5.74) is 1.06. The summed E-state index contributed by atoms with van der Waals surface area (Å²) in [5, 5.41) is 3.10. The highest BCUT2D eigenvalue weighted by Crippen LogP contribution is 2.35. The monoisotopic (exact) mass is 368 g/mol. The van der Waals surface area contributed by atoms with Gasteiger partial charge in [0.05, 0.1) is 0 Å². The highest BCUT2D eigenvalue weighted by Gasteiger charge is 2.26. The van der Waals surface area contributed by atoms with Gasteiger partial charge < -0.3 is 10.2 Å². The van der Waals surface area contributed by atoms with Gasteiger partial charge in [-0.05, 0) is 43.5 Å². The Kier molecular flexibility index (Phi) is 7.15. The van der Waals surface area contributed by atoms with Crippen LogP contribution >= 0.6 is 11.8 Å². The predicted molar refractivity (Wildman–Crippen MR) is 109 cm³/mol. The second-order valence-corrected chi connectivity index (χ2v) is 8.02. The normalized spacial score (nSPS) is 17.0. The van der Waals surface area contributed by atoms with Crippen molar-refractivity contribution in [3.05, 3.63) is 66.2 Å². The maximum absolute atomic E-state index is 13.1. The summed E-state index contributed by atoms with van der Waals surface area (Å²) in [5.74, 6) is 0.124. The van der Waals surface area contributed by atoms with Gasteiger partial charge >= 0.3 is 0 Å². The zero-order chi connectivity index (χ0) is 18.2. The highest BCUT2D eigenvalue weighted by atomic mass is 32.2. The zero-order valence-electron chi connectivity index (χ0n) is 15.4. The first-order valence-electron chi connectivity index (χ1n) is 9.55. The van der Waals surface area contributed by atoms with Crippen LogP contribution in [0, 0.1) is 0 Å². The van der Waals surface area contributed by atoms with Gasteiger partial charge in [0.25, 0.3) is 0 Å². The van der Waals surface area contributed by atoms with Crippen LogP contribution in [0.25, 0.3) is 0 Å². The number of rotatable bonds is 7. The van der Waals surface area contributed by atoms with Gasteiger partial charge in [0, 0.05) is 24.0 Å². The van der Waals surface area contributed by atoms with Crippen molar-refractivity contribution < 1.29 is 4.79 Å². The van der Waals surface area contributed by atoms with Crippen molar-refractivity contribution in [2.75, 3.05) is 19.6 Å². The highest BCUT2D eigenvalue weighted by molar-refractivity contribution is 8.00. The fourth-order valence-corrected chi connectivity index (χ4v) is 4.48. The fourth-order valence-electron chi connectivity index (χ4n) is 3.43. The summed E-state index contributed by atoms with van der Waals surface area (Å²) >= 11 is 1.62. The second-order valence-electron chi connectivity index (χ2n) is 6.85. The molecular formula is C22H28N2OS. The third-order valence-corrected chi connectivity index (χ3v) is 6.08. The number of benzene rings is 2. The van der Waals surface area contributed by atoms with E-state index < -0.39 is 0 Å². The molecule has 3 nitrogen and oxygen atoms in total. The minimum Gasteiger partial charge on any atom is -0.352 e. The Morgan fingerprint density at radius 3 is 2.31 bits per heavy atom. The molecule has 1 unspecified atom stereocenters. The van der Waals surface area contributed by atoms with Crippen LogP contribution in [0.1, 0.15) is 37.0 Å². The van der Waals surface area contributed by atoms with Crippen LogP contribution in [0.3, 0.4) is 0 Å². The van der Waals surface area contributed by atoms with E-state index in [9.17, 15) is 4.79 Å². The SMILES string of the molecule is CCCN1CCC(NC(=O)C(Sc2ccccc2)c2ccccc2)CC1. The van der Waals surface area contributed by atoms with Crippen molar-refractivity contribution in [1.29, 1.82) is 0 Å². The van der Waals surface area contributed by atoms with Crippen LogP contribution in [-0.2, 0) is 4.79 Å². The van der Waals surface area contributed by atoms with Gasteiger partial charge in [0.2, 0.25) is 5.91 Å². The van der Waals surface area contributed by atoms with E-state index in [1.807, 2.05) is 48.5 Å². The molecule has 26 heavy (non-hydrogen) atoms. The van der Waals surface area contributed by atoms with Crippen molar-refractivity contribution in [3.8, 4) is 0 Å². The van der Waals surface area contributed by atoms with Crippen molar-refractivity contribution in [2.45, 2.75) is 42.4 Å². The molecule has 1 aliphatic heterocycles. The number of carbonyl (C=O) groups excluding carboxylic acids is 1. The molecule has 2 aromatic rings. The Bertz CT molecular complexity index is 669. The van der Waals surface area contributed by atoms with Gasteiger partial charge in [-0.2, -0.15) is 0 Å². The number of amides is 1. The lowest BCUT2D eigenvalue weighted by Crippen LogP contribution is -2.45. The fraction of sp³-hybridized carbons (Fsp3) is 0.409. The molecule has 0 radical (unpaired) electrons. The maximum atomic E-state index is 13.1. The van der Waals surface area contributed by atoms with Crippen LogP contribution < -0.4 is 5.32 Å². The molecule has 1 amide bonds. The Morgan fingerprint density at radius 1 is 1.08 bits per heavy atom. The van der Waals surface area contributed by atoms with Gasteiger partial charge in [-0.1, -0.05) is 55.5 Å². The molecular weight excluding hydrogens is 340 g/mol. The van der Waals surface area contributed by atoms with Crippen molar-refractivity contribution in [2.24, 2.45) is 0 Å². The third-order valence-electron chi connectivity index (χ3n) is 4.81. The molecule has 4 heteroatoms. The van der Waals surface area contributed by atoms with E-state index in [1.165, 1.54) is 6.42 Å². The van der Waals surface area contributed by atoms with Crippen LogP contribution in [-0.4, -0.2) is 36.5 Å². The molecule has 0 spiro atoms. The molecule has 1 aliphatic rings. The van der Waals surface area contributed by atoms with Gasteiger partial charge in [0.1, 0.15) is 5.25 Å². The smallest absolute Gasteiger partial charge is 0.238 e. The van der Waals surface area contributed by atoms with Gasteiger partial charge in [0.15, 0.2) is 0 Å². The van der Waals surface area contributed by atoms with Crippen LogP contribution in [0.4, 0.5) is 0 Å². The number of carbonyl (C=O) groups is 1. The first-order chi connectivity index (χ1) is 12.8. The van der Waals surface area contributed by atoms with Gasteiger partial charge in [-0.25, -0.2) is 0 Å². The number of thioether (sulfide) groups is 1. The Morgan fingerprint density at radius 2 is 1.69 bits per heavy atom. The number of hydrogen-bond acceptors (Lipinski definition) is 3. The Hall–Kier alpha value is -1.78. The summed E-state index contributed by atoms with van der Waals surface area (Å²) in [4.78, 5) is 16.7. The topological polar surface area (TPSA) is 32.3 Å². The summed E-state index contributed by atoms with van der Waals surface area (Å²) in [6.07, 6.45) is 3.29. The van der Waals surface area contributed by atoms with Gasteiger partial charge in [-0.15, -0.1) is 11.8 Å². The van der Waals surface area contributed by atoms with E-state index in [0.717, 1.165) is 42.9 Å². The van der Waals surface area contributed by atoms with Crippen molar-refractivity contribution >= 4 is 17.7 Å². The van der Waals surface area contributed by atoms with Crippen LogP contribution in [0.5, 0.6) is 0 Å². The Balaban J connectivity index is 1.66. The third kappa shape index (κ3) is 5.36. The molecule has 138 valence electrons. The van der Waals surface area contributed by atoms with Gasteiger partial charge in [-0.3, -0.25) is 4.79 Å². The first-order valence-corrected chi connectivity index (χ1v) is 10.4. The lowest BCUT2D eigenvalue weighted by molar-refractivity contribution is -0.121. The maximum Gasteiger partial charge on any atom is 0.238 e. The van der Waals surface area contributed by atoms with E-state index in [2.05, 4.69) is 29.3 Å². The molecule has 0 bridgehead atoms.